The Bertz CT molecular complexity index is 436. The van der Waals surface area contributed by atoms with Crippen LogP contribution in [-0.4, -0.2) is 23.3 Å². The van der Waals surface area contributed by atoms with E-state index < -0.39 is 34.0 Å². The van der Waals surface area contributed by atoms with Crippen LogP contribution in [0, 0.1) is 10.1 Å². The van der Waals surface area contributed by atoms with Gasteiger partial charge in [-0.2, -0.15) is 0 Å². The maximum Gasteiger partial charge on any atom is 0.340 e. The van der Waals surface area contributed by atoms with Crippen LogP contribution in [-0.2, 0) is 0 Å². The number of alkyl halides is 2. The quantitative estimate of drug-likeness (QED) is 0.448. The number of ether oxygens (including phenoxy) is 1. The first-order valence-corrected chi connectivity index (χ1v) is 3.97. The number of pyridine rings is 1. The van der Waals surface area contributed by atoms with Crippen molar-refractivity contribution in [3.8, 4) is 5.75 Å². The first kappa shape index (κ1) is 12.0. The van der Waals surface area contributed by atoms with E-state index >= 15 is 0 Å². The van der Waals surface area contributed by atoms with E-state index in [4.69, 9.17) is 0 Å². The predicted molar refractivity (Wildman–Crippen MR) is 47.8 cm³/mol. The Labute approximate surface area is 88.0 Å². The summed E-state index contributed by atoms with van der Waals surface area (Å²) in [4.78, 5) is 23.4. The molecule has 0 atom stereocenters. The number of carbonyl (C=O) groups is 1. The fourth-order valence-corrected chi connectivity index (χ4v) is 1.14. The third kappa shape index (κ3) is 1.95. The number of aldehydes is 1. The summed E-state index contributed by atoms with van der Waals surface area (Å²) in [5, 5.41) is 10.6. The summed E-state index contributed by atoms with van der Waals surface area (Å²) in [7, 11) is 1.00. The maximum absolute atomic E-state index is 12.5. The molecule has 1 aromatic heterocycles. The third-order valence-corrected chi connectivity index (χ3v) is 1.80. The van der Waals surface area contributed by atoms with Gasteiger partial charge in [-0.1, -0.05) is 0 Å². The van der Waals surface area contributed by atoms with Gasteiger partial charge in [-0.15, -0.1) is 0 Å². The topological polar surface area (TPSA) is 82.3 Å². The summed E-state index contributed by atoms with van der Waals surface area (Å²) in [6, 6.07) is 0. The fraction of sp³-hybridized carbons (Fsp3) is 0.250. The van der Waals surface area contributed by atoms with Crippen molar-refractivity contribution in [3.05, 3.63) is 27.6 Å². The summed E-state index contributed by atoms with van der Waals surface area (Å²) >= 11 is 0. The van der Waals surface area contributed by atoms with Gasteiger partial charge in [0.05, 0.1) is 17.6 Å². The molecule has 1 aromatic rings. The average Bonchev–Trinajstić information content (AvgIpc) is 2.26. The van der Waals surface area contributed by atoms with Crippen molar-refractivity contribution in [2.45, 2.75) is 6.43 Å². The lowest BCUT2D eigenvalue weighted by Gasteiger charge is -2.08. The number of methoxy groups -OCH3 is 1. The van der Waals surface area contributed by atoms with Gasteiger partial charge in [0.25, 0.3) is 6.43 Å². The minimum Gasteiger partial charge on any atom is -0.490 e. The number of hydrogen-bond donors (Lipinski definition) is 0. The summed E-state index contributed by atoms with van der Waals surface area (Å²) in [5.41, 5.74) is -2.12. The molecule has 0 aliphatic heterocycles. The van der Waals surface area contributed by atoms with E-state index in [1.807, 2.05) is 0 Å². The lowest BCUT2D eigenvalue weighted by molar-refractivity contribution is -0.386. The molecule has 0 N–H and O–H groups in total. The van der Waals surface area contributed by atoms with Gasteiger partial charge in [0.2, 0.25) is 5.75 Å². The molecule has 0 saturated heterocycles. The Morgan fingerprint density at radius 1 is 1.62 bits per heavy atom. The molecule has 1 heterocycles. The van der Waals surface area contributed by atoms with Crippen molar-refractivity contribution in [2.75, 3.05) is 7.11 Å². The van der Waals surface area contributed by atoms with Gasteiger partial charge >= 0.3 is 5.69 Å². The van der Waals surface area contributed by atoms with Gasteiger partial charge in [0, 0.05) is 6.20 Å². The van der Waals surface area contributed by atoms with Gasteiger partial charge in [-0.05, 0) is 0 Å². The lowest BCUT2D eigenvalue weighted by Crippen LogP contribution is -2.04. The SMILES string of the molecule is COc1c(C(F)F)cnc(C=O)c1[N+](=O)[O-]. The number of nitro groups is 1. The standard InChI is InChI=1S/C8H6F2N2O4/c1-16-7-4(8(9)10)2-11-5(3-13)6(7)12(14)15/h2-3,8H,1H3. The molecule has 0 unspecified atom stereocenters. The van der Waals surface area contributed by atoms with Crippen LogP contribution in [0.4, 0.5) is 14.5 Å². The Kier molecular flexibility index (Phi) is 3.44. The Balaban J connectivity index is 3.55. The van der Waals surface area contributed by atoms with Crippen molar-refractivity contribution in [1.29, 1.82) is 0 Å². The highest BCUT2D eigenvalue weighted by Gasteiger charge is 2.28. The number of aromatic nitrogens is 1. The lowest BCUT2D eigenvalue weighted by atomic mass is 10.2. The Morgan fingerprint density at radius 3 is 2.62 bits per heavy atom. The van der Waals surface area contributed by atoms with E-state index in [0.717, 1.165) is 7.11 Å². The molecule has 0 saturated carbocycles. The molecule has 0 spiro atoms. The molecule has 0 fully saturated rings. The van der Waals surface area contributed by atoms with Gasteiger partial charge in [0.15, 0.2) is 12.0 Å². The second kappa shape index (κ2) is 4.60. The number of hydrogen-bond acceptors (Lipinski definition) is 5. The summed E-state index contributed by atoms with van der Waals surface area (Å²) in [6.45, 7) is 0. The zero-order chi connectivity index (χ0) is 12.3. The second-order valence-corrected chi connectivity index (χ2v) is 2.66. The van der Waals surface area contributed by atoms with E-state index in [1.54, 1.807) is 0 Å². The number of nitrogens with zero attached hydrogens (tertiary/aromatic N) is 2. The van der Waals surface area contributed by atoms with Crippen LogP contribution in [0.2, 0.25) is 0 Å². The number of carbonyl (C=O) groups excluding carboxylic acids is 1. The van der Waals surface area contributed by atoms with E-state index in [2.05, 4.69) is 9.72 Å². The Hall–Kier alpha value is -2.12. The predicted octanol–water partition coefficient (Wildman–Crippen LogP) is 1.75. The van der Waals surface area contributed by atoms with Crippen LogP contribution in [0.5, 0.6) is 5.75 Å². The summed E-state index contributed by atoms with van der Waals surface area (Å²) < 4.78 is 29.4. The first-order chi connectivity index (χ1) is 7.52. The molecule has 0 aromatic carbocycles. The number of rotatable bonds is 4. The van der Waals surface area contributed by atoms with Crippen LogP contribution < -0.4 is 4.74 Å². The maximum atomic E-state index is 12.5. The molecule has 6 nitrogen and oxygen atoms in total. The molecule has 0 amide bonds. The fourth-order valence-electron chi connectivity index (χ4n) is 1.14. The molecular formula is C8H6F2N2O4. The van der Waals surface area contributed by atoms with Crippen LogP contribution in [0.15, 0.2) is 6.20 Å². The first-order valence-electron chi connectivity index (χ1n) is 3.97. The minimum atomic E-state index is -2.97. The van der Waals surface area contributed by atoms with Crippen LogP contribution in [0.25, 0.3) is 0 Å². The van der Waals surface area contributed by atoms with Crippen molar-refractivity contribution >= 4 is 12.0 Å². The van der Waals surface area contributed by atoms with Gasteiger partial charge in [-0.25, -0.2) is 13.8 Å². The largest absolute Gasteiger partial charge is 0.490 e. The molecule has 0 aliphatic carbocycles. The van der Waals surface area contributed by atoms with E-state index in [-0.39, 0.29) is 6.29 Å². The van der Waals surface area contributed by atoms with E-state index in [9.17, 15) is 23.7 Å². The molecule has 0 aliphatic rings. The van der Waals surface area contributed by atoms with Crippen molar-refractivity contribution < 1.29 is 23.2 Å². The average molecular weight is 232 g/mol. The van der Waals surface area contributed by atoms with Crippen molar-refractivity contribution in [1.82, 2.24) is 4.98 Å². The highest BCUT2D eigenvalue weighted by Crippen LogP contribution is 2.37. The zero-order valence-electron chi connectivity index (χ0n) is 8.02. The zero-order valence-corrected chi connectivity index (χ0v) is 8.02. The van der Waals surface area contributed by atoms with Crippen molar-refractivity contribution in [2.24, 2.45) is 0 Å². The highest BCUT2D eigenvalue weighted by molar-refractivity contribution is 5.81. The summed E-state index contributed by atoms with van der Waals surface area (Å²) in [6.07, 6.45) is -2.18. The van der Waals surface area contributed by atoms with Crippen molar-refractivity contribution in [3.63, 3.8) is 0 Å². The smallest absolute Gasteiger partial charge is 0.340 e. The van der Waals surface area contributed by atoms with Crippen LogP contribution in [0.3, 0.4) is 0 Å². The molecular weight excluding hydrogens is 226 g/mol. The van der Waals surface area contributed by atoms with Gasteiger partial charge in [-0.3, -0.25) is 14.9 Å². The molecule has 86 valence electrons. The summed E-state index contributed by atoms with van der Waals surface area (Å²) in [5.74, 6) is -0.642. The minimum absolute atomic E-state index is 0.107. The molecule has 0 radical (unpaired) electrons. The third-order valence-electron chi connectivity index (χ3n) is 1.80. The molecule has 0 bridgehead atoms. The molecule has 16 heavy (non-hydrogen) atoms. The molecule has 1 rings (SSSR count). The molecule has 8 heteroatoms. The van der Waals surface area contributed by atoms with E-state index in [1.165, 1.54) is 0 Å². The van der Waals surface area contributed by atoms with Crippen LogP contribution >= 0.6 is 0 Å². The normalized spacial score (nSPS) is 10.2. The van der Waals surface area contributed by atoms with Gasteiger partial charge in [0.1, 0.15) is 0 Å². The highest BCUT2D eigenvalue weighted by atomic mass is 19.3. The van der Waals surface area contributed by atoms with Crippen LogP contribution in [0.1, 0.15) is 22.5 Å². The van der Waals surface area contributed by atoms with Gasteiger partial charge < -0.3 is 4.74 Å². The number of halogens is 2. The monoisotopic (exact) mass is 232 g/mol. The second-order valence-electron chi connectivity index (χ2n) is 2.66. The van der Waals surface area contributed by atoms with E-state index in [0.29, 0.717) is 6.20 Å². The Morgan fingerprint density at radius 2 is 2.25 bits per heavy atom.